The monoisotopic (exact) mass is 426 g/mol. The Bertz CT molecular complexity index is 1060. The van der Waals surface area contributed by atoms with E-state index in [1.54, 1.807) is 12.1 Å². The highest BCUT2D eigenvalue weighted by Crippen LogP contribution is 2.15. The van der Waals surface area contributed by atoms with Crippen molar-refractivity contribution in [2.24, 2.45) is 0 Å². The van der Waals surface area contributed by atoms with Crippen molar-refractivity contribution in [3.05, 3.63) is 89.4 Å². The van der Waals surface area contributed by atoms with Gasteiger partial charge in [0.2, 0.25) is 10.0 Å². The second-order valence-corrected chi connectivity index (χ2v) is 9.10. The topological polar surface area (TPSA) is 88.4 Å². The average Bonchev–Trinajstić information content (AvgIpc) is 3.26. The molecule has 1 aromatic heterocycles. The van der Waals surface area contributed by atoms with Crippen LogP contribution in [0.15, 0.2) is 76.2 Å². The Morgan fingerprint density at radius 1 is 1.00 bits per heavy atom. The summed E-state index contributed by atoms with van der Waals surface area (Å²) >= 11 is 0. The molecule has 0 aliphatic heterocycles. The largest absolute Gasteiger partial charge is 0.468 e. The molecule has 0 atom stereocenters. The van der Waals surface area contributed by atoms with Gasteiger partial charge in [-0.25, -0.2) is 13.1 Å². The Morgan fingerprint density at radius 2 is 1.70 bits per heavy atom. The normalized spacial score (nSPS) is 11.6. The van der Waals surface area contributed by atoms with Gasteiger partial charge in [0.25, 0.3) is 5.91 Å². The Morgan fingerprint density at radius 3 is 2.30 bits per heavy atom. The number of carbonyl (C=O) groups is 1. The molecule has 3 rings (SSSR count). The van der Waals surface area contributed by atoms with Gasteiger partial charge in [-0.2, -0.15) is 0 Å². The fraction of sp³-hybridized carbons (Fsp3) is 0.261. The molecule has 1 heterocycles. The molecule has 1 amide bonds. The van der Waals surface area contributed by atoms with Crippen molar-refractivity contribution in [1.82, 2.24) is 10.0 Å². The highest BCUT2D eigenvalue weighted by Gasteiger charge is 2.15. The van der Waals surface area contributed by atoms with Crippen molar-refractivity contribution < 1.29 is 17.6 Å². The summed E-state index contributed by atoms with van der Waals surface area (Å²) in [5.41, 5.74) is 2.86. The number of sulfonamides is 1. The van der Waals surface area contributed by atoms with Gasteiger partial charge in [0.05, 0.1) is 17.7 Å². The minimum atomic E-state index is -3.68. The summed E-state index contributed by atoms with van der Waals surface area (Å²) in [5.74, 6) is 0.778. The Hall–Kier alpha value is -2.90. The van der Waals surface area contributed by atoms with Crippen LogP contribution in [-0.2, 0) is 23.0 Å². The summed E-state index contributed by atoms with van der Waals surface area (Å²) in [7, 11) is -3.68. The number of nitrogens with one attached hydrogen (secondary N) is 2. The maximum absolute atomic E-state index is 12.4. The van der Waals surface area contributed by atoms with Gasteiger partial charge in [-0.1, -0.05) is 38.1 Å². The van der Waals surface area contributed by atoms with Gasteiger partial charge in [0, 0.05) is 12.1 Å². The first-order valence-corrected chi connectivity index (χ1v) is 11.3. The van der Waals surface area contributed by atoms with Crippen molar-refractivity contribution >= 4 is 15.9 Å². The number of rotatable bonds is 9. The summed E-state index contributed by atoms with van der Waals surface area (Å²) in [6.07, 6.45) is 2.21. The fourth-order valence-electron chi connectivity index (χ4n) is 2.94. The standard InChI is InChI=1S/C23H26N2O4S/c1-17(2)19-7-5-18(6-8-19)13-14-24-23(26)20-9-11-22(12-10-20)30(27,28)25-16-21-4-3-15-29-21/h3-12,15,17,25H,13-14,16H2,1-2H3,(H,24,26). The number of hydrogen-bond donors (Lipinski definition) is 2. The first-order valence-electron chi connectivity index (χ1n) is 9.84. The van der Waals surface area contributed by atoms with Gasteiger partial charge in [-0.3, -0.25) is 4.79 Å². The zero-order valence-electron chi connectivity index (χ0n) is 17.1. The minimum absolute atomic E-state index is 0.0652. The molecule has 0 spiro atoms. The van der Waals surface area contributed by atoms with E-state index in [2.05, 4.69) is 48.2 Å². The van der Waals surface area contributed by atoms with Gasteiger partial charge in [-0.05, 0) is 59.9 Å². The summed E-state index contributed by atoms with van der Waals surface area (Å²) in [6.45, 7) is 4.88. The number of carbonyl (C=O) groups excluding carboxylic acids is 1. The quantitative estimate of drug-likeness (QED) is 0.544. The summed E-state index contributed by atoms with van der Waals surface area (Å²) < 4.78 is 32.3. The predicted molar refractivity (Wildman–Crippen MR) is 116 cm³/mol. The van der Waals surface area contributed by atoms with Crippen LogP contribution in [0.2, 0.25) is 0 Å². The van der Waals surface area contributed by atoms with Crippen LogP contribution in [0.1, 0.15) is 47.0 Å². The van der Waals surface area contributed by atoms with E-state index in [4.69, 9.17) is 4.42 Å². The predicted octanol–water partition coefficient (Wildman–Crippen LogP) is 3.85. The van der Waals surface area contributed by atoms with Gasteiger partial charge in [0.1, 0.15) is 5.76 Å². The Balaban J connectivity index is 1.51. The van der Waals surface area contributed by atoms with Crippen LogP contribution in [0, 0.1) is 0 Å². The second kappa shape index (κ2) is 9.73. The van der Waals surface area contributed by atoms with Gasteiger partial charge >= 0.3 is 0 Å². The third-order valence-electron chi connectivity index (χ3n) is 4.79. The van der Waals surface area contributed by atoms with E-state index in [1.165, 1.54) is 36.1 Å². The number of amides is 1. The first-order chi connectivity index (χ1) is 14.3. The maximum Gasteiger partial charge on any atom is 0.251 e. The molecule has 0 saturated heterocycles. The molecule has 0 bridgehead atoms. The smallest absolute Gasteiger partial charge is 0.251 e. The molecule has 6 nitrogen and oxygen atoms in total. The third kappa shape index (κ3) is 5.81. The number of benzene rings is 2. The third-order valence-corrected chi connectivity index (χ3v) is 6.21. The summed E-state index contributed by atoms with van der Waals surface area (Å²) in [4.78, 5) is 12.4. The van der Waals surface area contributed by atoms with E-state index in [-0.39, 0.29) is 17.3 Å². The van der Waals surface area contributed by atoms with Crippen LogP contribution in [0.25, 0.3) is 0 Å². The summed E-state index contributed by atoms with van der Waals surface area (Å²) in [5, 5.41) is 2.87. The average molecular weight is 427 g/mol. The van der Waals surface area contributed by atoms with E-state index in [9.17, 15) is 13.2 Å². The zero-order chi connectivity index (χ0) is 21.6. The maximum atomic E-state index is 12.4. The fourth-order valence-corrected chi connectivity index (χ4v) is 3.93. The number of furan rings is 1. The highest BCUT2D eigenvalue weighted by molar-refractivity contribution is 7.89. The van der Waals surface area contributed by atoms with Crippen LogP contribution in [-0.4, -0.2) is 20.9 Å². The lowest BCUT2D eigenvalue weighted by atomic mass is 10.0. The van der Waals surface area contributed by atoms with Crippen molar-refractivity contribution in [2.45, 2.75) is 37.6 Å². The Kier molecular flexibility index (Phi) is 7.07. The lowest BCUT2D eigenvalue weighted by Gasteiger charge is -2.09. The molecule has 0 aliphatic rings. The van der Waals surface area contributed by atoms with Gasteiger partial charge in [-0.15, -0.1) is 0 Å². The molecular weight excluding hydrogens is 400 g/mol. The van der Waals surface area contributed by atoms with Gasteiger partial charge < -0.3 is 9.73 Å². The molecule has 2 N–H and O–H groups in total. The minimum Gasteiger partial charge on any atom is -0.468 e. The molecule has 0 fully saturated rings. The SMILES string of the molecule is CC(C)c1ccc(CCNC(=O)c2ccc(S(=O)(=O)NCc3ccco3)cc2)cc1. The van der Waals surface area contributed by atoms with Crippen LogP contribution in [0.3, 0.4) is 0 Å². The van der Waals surface area contributed by atoms with Crippen LogP contribution in [0.4, 0.5) is 0 Å². The molecule has 0 saturated carbocycles. The van der Waals surface area contributed by atoms with E-state index in [0.717, 1.165) is 12.0 Å². The van der Waals surface area contributed by atoms with E-state index < -0.39 is 10.0 Å². The van der Waals surface area contributed by atoms with Crippen molar-refractivity contribution in [3.8, 4) is 0 Å². The van der Waals surface area contributed by atoms with E-state index >= 15 is 0 Å². The lowest BCUT2D eigenvalue weighted by molar-refractivity contribution is 0.0954. The highest BCUT2D eigenvalue weighted by atomic mass is 32.2. The molecule has 7 heteroatoms. The van der Waals surface area contributed by atoms with Crippen molar-refractivity contribution in [2.75, 3.05) is 6.54 Å². The summed E-state index contributed by atoms with van der Waals surface area (Å²) in [6, 6.07) is 17.6. The molecule has 158 valence electrons. The molecule has 3 aromatic rings. The molecule has 2 aromatic carbocycles. The molecule has 0 unspecified atom stereocenters. The molecular formula is C23H26N2O4S. The molecule has 30 heavy (non-hydrogen) atoms. The van der Waals surface area contributed by atoms with Crippen LogP contribution in [0.5, 0.6) is 0 Å². The number of hydrogen-bond acceptors (Lipinski definition) is 4. The van der Waals surface area contributed by atoms with Crippen LogP contribution < -0.4 is 10.0 Å². The first kappa shape index (κ1) is 21.8. The molecule has 0 aliphatic carbocycles. The lowest BCUT2D eigenvalue weighted by Crippen LogP contribution is -2.26. The van der Waals surface area contributed by atoms with Crippen molar-refractivity contribution in [1.29, 1.82) is 0 Å². The second-order valence-electron chi connectivity index (χ2n) is 7.33. The van der Waals surface area contributed by atoms with E-state index in [0.29, 0.717) is 23.8 Å². The Labute approximate surface area is 177 Å². The molecule has 0 radical (unpaired) electrons. The van der Waals surface area contributed by atoms with E-state index in [1.807, 2.05) is 0 Å². The van der Waals surface area contributed by atoms with Crippen molar-refractivity contribution in [3.63, 3.8) is 0 Å². The van der Waals surface area contributed by atoms with Crippen LogP contribution >= 0.6 is 0 Å². The zero-order valence-corrected chi connectivity index (χ0v) is 17.9. The van der Waals surface area contributed by atoms with Gasteiger partial charge in [0.15, 0.2) is 0 Å².